The molecular formula is C37H35Cl2N3O10S. The number of carboxylic acid groups (broad SMARTS) is 2. The summed E-state index contributed by atoms with van der Waals surface area (Å²) in [5.74, 6) is -5.98. The summed E-state index contributed by atoms with van der Waals surface area (Å²) in [6, 6.07) is 19.0. The molecule has 0 saturated carbocycles. The number of fused-ring (bicyclic) bond motifs is 1. The molecule has 3 amide bonds. The maximum absolute atomic E-state index is 14.0. The van der Waals surface area contributed by atoms with E-state index in [-0.39, 0.29) is 49.6 Å². The SMILES string of the molecule is CC(=O)OCC1=C(C(=O)O)N2C(=O)[C@H](NC(=O)C(CCCNC(=O)OCc3ccc(Cl)cc3Cl)c3cccc(C(C(=O)O)c4ccccc4)c3)[C@@H]2SC1. The number of β-lactam (4-membered cyclic amide) rings is 1. The number of esters is 1. The van der Waals surface area contributed by atoms with Crippen LogP contribution in [0.1, 0.15) is 53.9 Å². The molecule has 3 aromatic rings. The molecule has 2 aliphatic rings. The van der Waals surface area contributed by atoms with Gasteiger partial charge < -0.3 is 30.3 Å². The van der Waals surface area contributed by atoms with Crippen molar-refractivity contribution in [2.24, 2.45) is 0 Å². The summed E-state index contributed by atoms with van der Waals surface area (Å²) >= 11 is 13.3. The van der Waals surface area contributed by atoms with Gasteiger partial charge in [-0.25, -0.2) is 9.59 Å². The van der Waals surface area contributed by atoms with Gasteiger partial charge in [-0.3, -0.25) is 24.1 Å². The number of ether oxygens (including phenoxy) is 2. The lowest BCUT2D eigenvalue weighted by atomic mass is 9.86. The van der Waals surface area contributed by atoms with Crippen LogP contribution in [0, 0.1) is 0 Å². The van der Waals surface area contributed by atoms with Gasteiger partial charge in [0.2, 0.25) is 5.91 Å². The molecule has 13 nitrogen and oxygen atoms in total. The van der Waals surface area contributed by atoms with Crippen molar-refractivity contribution in [1.29, 1.82) is 0 Å². The first kappa shape index (κ1) is 39.2. The highest BCUT2D eigenvalue weighted by Gasteiger charge is 2.54. The number of thioether (sulfide) groups is 1. The Morgan fingerprint density at radius 1 is 0.925 bits per heavy atom. The molecule has 0 aromatic heterocycles. The van der Waals surface area contributed by atoms with E-state index in [2.05, 4.69) is 10.6 Å². The number of halogens is 2. The lowest BCUT2D eigenvalue weighted by molar-refractivity contribution is -0.151. The van der Waals surface area contributed by atoms with E-state index in [1.807, 2.05) is 0 Å². The Labute approximate surface area is 318 Å². The molecule has 5 rings (SSSR count). The van der Waals surface area contributed by atoms with Gasteiger partial charge in [-0.05, 0) is 41.7 Å². The van der Waals surface area contributed by atoms with Crippen LogP contribution >= 0.6 is 35.0 Å². The maximum Gasteiger partial charge on any atom is 0.407 e. The molecule has 53 heavy (non-hydrogen) atoms. The average Bonchev–Trinajstić information content (AvgIpc) is 3.12. The summed E-state index contributed by atoms with van der Waals surface area (Å²) < 4.78 is 10.3. The number of carbonyl (C=O) groups excluding carboxylic acids is 4. The molecule has 1 saturated heterocycles. The molecule has 4 atom stereocenters. The number of alkyl carbamates (subject to hydrolysis) is 1. The summed E-state index contributed by atoms with van der Waals surface area (Å²) in [7, 11) is 0. The van der Waals surface area contributed by atoms with Gasteiger partial charge in [0.1, 0.15) is 36.2 Å². The first-order chi connectivity index (χ1) is 25.3. The van der Waals surface area contributed by atoms with Crippen molar-refractivity contribution in [2.75, 3.05) is 18.9 Å². The number of nitrogens with zero attached hydrogens (tertiary/aromatic N) is 1. The summed E-state index contributed by atoms with van der Waals surface area (Å²) in [5.41, 5.74) is 2.00. The van der Waals surface area contributed by atoms with E-state index in [1.165, 1.54) is 24.8 Å². The molecule has 0 bridgehead atoms. The zero-order chi connectivity index (χ0) is 38.2. The number of benzene rings is 3. The lowest BCUT2D eigenvalue weighted by Gasteiger charge is -2.49. The molecule has 3 aromatic carbocycles. The van der Waals surface area contributed by atoms with Crippen LogP contribution in [0.3, 0.4) is 0 Å². The number of aliphatic carboxylic acids is 2. The Kier molecular flexibility index (Phi) is 13.0. The summed E-state index contributed by atoms with van der Waals surface area (Å²) in [6.07, 6.45) is -0.248. The number of amides is 3. The fourth-order valence-electron chi connectivity index (χ4n) is 6.09. The first-order valence-corrected chi connectivity index (χ1v) is 18.2. The number of nitrogens with one attached hydrogen (secondary N) is 2. The molecule has 0 spiro atoms. The van der Waals surface area contributed by atoms with Gasteiger partial charge in [-0.15, -0.1) is 11.8 Å². The zero-order valence-electron chi connectivity index (χ0n) is 28.3. The van der Waals surface area contributed by atoms with Crippen LogP contribution in [0.4, 0.5) is 4.79 Å². The molecular weight excluding hydrogens is 749 g/mol. The van der Waals surface area contributed by atoms with Gasteiger partial charge in [0.15, 0.2) is 0 Å². The van der Waals surface area contributed by atoms with Gasteiger partial charge >= 0.3 is 24.0 Å². The molecule has 278 valence electrons. The second-order valence-corrected chi connectivity index (χ2v) is 14.2. The molecule has 2 heterocycles. The molecule has 0 radical (unpaired) electrons. The third kappa shape index (κ3) is 9.50. The van der Waals surface area contributed by atoms with Crippen molar-refractivity contribution in [3.63, 3.8) is 0 Å². The standard InChI is InChI=1S/C37H35Cl2N3O10S/c1-20(43)51-18-25-19-53-34-30(33(45)42(34)31(25)36(48)49)41-32(44)27(11-6-14-40-37(50)52-17-24-12-13-26(38)16-28(24)39)22-9-5-10-23(15-22)29(35(46)47)21-7-3-2-4-8-21/h2-5,7-10,12-13,15-16,27,29-30,34H,6,11,14,17-19H2,1H3,(H,40,50)(H,41,44)(H,46,47)(H,48,49)/t27?,29?,30-,34-/m0/s1. The number of hydrogen-bond donors (Lipinski definition) is 4. The Morgan fingerprint density at radius 2 is 1.64 bits per heavy atom. The van der Waals surface area contributed by atoms with Gasteiger partial charge in [0, 0.05) is 40.4 Å². The molecule has 2 aliphatic heterocycles. The minimum atomic E-state index is -1.36. The van der Waals surface area contributed by atoms with Crippen LogP contribution < -0.4 is 10.6 Å². The molecule has 16 heteroatoms. The molecule has 0 aliphatic carbocycles. The minimum absolute atomic E-state index is 0.0958. The van der Waals surface area contributed by atoms with Crippen molar-refractivity contribution < 1.29 is 48.5 Å². The van der Waals surface area contributed by atoms with E-state index in [9.17, 15) is 39.0 Å². The number of carbonyl (C=O) groups is 6. The molecule has 1 fully saturated rings. The van der Waals surface area contributed by atoms with Crippen LogP contribution in [0.15, 0.2) is 84.1 Å². The normalized spacial score (nSPS) is 17.5. The second kappa shape index (κ2) is 17.6. The summed E-state index contributed by atoms with van der Waals surface area (Å²) in [6.45, 7) is 0.926. The van der Waals surface area contributed by atoms with E-state index in [1.54, 1.807) is 66.7 Å². The average molecular weight is 785 g/mol. The fourth-order valence-corrected chi connectivity index (χ4v) is 7.88. The monoisotopic (exact) mass is 783 g/mol. The van der Waals surface area contributed by atoms with Gasteiger partial charge in [0.05, 0.1) is 5.92 Å². The third-order valence-corrected chi connectivity index (χ3v) is 10.6. The third-order valence-electron chi connectivity index (χ3n) is 8.65. The second-order valence-electron chi connectivity index (χ2n) is 12.2. The van der Waals surface area contributed by atoms with E-state index in [0.717, 1.165) is 4.90 Å². The highest BCUT2D eigenvalue weighted by molar-refractivity contribution is 8.00. The minimum Gasteiger partial charge on any atom is -0.481 e. The quantitative estimate of drug-likeness (QED) is 0.0890. The topological polar surface area (TPSA) is 189 Å². The first-order valence-electron chi connectivity index (χ1n) is 16.4. The van der Waals surface area contributed by atoms with E-state index in [0.29, 0.717) is 32.3 Å². The predicted molar refractivity (Wildman–Crippen MR) is 195 cm³/mol. The van der Waals surface area contributed by atoms with Crippen molar-refractivity contribution in [3.8, 4) is 0 Å². The van der Waals surface area contributed by atoms with E-state index in [4.69, 9.17) is 32.7 Å². The maximum atomic E-state index is 14.0. The zero-order valence-corrected chi connectivity index (χ0v) is 30.6. The van der Waals surface area contributed by atoms with Crippen molar-refractivity contribution in [2.45, 2.75) is 49.6 Å². The largest absolute Gasteiger partial charge is 0.481 e. The summed E-state index contributed by atoms with van der Waals surface area (Å²) in [4.78, 5) is 76.9. The fraction of sp³-hybridized carbons (Fsp3) is 0.297. The van der Waals surface area contributed by atoms with Crippen molar-refractivity contribution in [1.82, 2.24) is 15.5 Å². The predicted octanol–water partition coefficient (Wildman–Crippen LogP) is 5.30. The number of hydrogen-bond acceptors (Lipinski definition) is 9. The van der Waals surface area contributed by atoms with Crippen LogP contribution in [-0.4, -0.2) is 81.2 Å². The van der Waals surface area contributed by atoms with E-state index >= 15 is 0 Å². The van der Waals surface area contributed by atoms with Crippen LogP contribution in [0.2, 0.25) is 10.0 Å². The number of rotatable bonds is 15. The highest BCUT2D eigenvalue weighted by atomic mass is 35.5. The Morgan fingerprint density at radius 3 is 2.32 bits per heavy atom. The molecule has 2 unspecified atom stereocenters. The van der Waals surface area contributed by atoms with Crippen LogP contribution in [0.5, 0.6) is 0 Å². The number of carboxylic acids is 2. The lowest BCUT2D eigenvalue weighted by Crippen LogP contribution is -2.71. The molecule has 4 N–H and O–H groups in total. The van der Waals surface area contributed by atoms with Crippen molar-refractivity contribution >= 4 is 70.8 Å². The Balaban J connectivity index is 1.32. The Hall–Kier alpha value is -5.05. The van der Waals surface area contributed by atoms with Crippen LogP contribution in [0.25, 0.3) is 0 Å². The van der Waals surface area contributed by atoms with Gasteiger partial charge in [-0.1, -0.05) is 83.9 Å². The van der Waals surface area contributed by atoms with Crippen molar-refractivity contribution in [3.05, 3.63) is 116 Å². The Bertz CT molecular complexity index is 1940. The summed E-state index contributed by atoms with van der Waals surface area (Å²) in [5, 5.41) is 25.6. The van der Waals surface area contributed by atoms with Gasteiger partial charge in [-0.2, -0.15) is 0 Å². The van der Waals surface area contributed by atoms with Gasteiger partial charge in [0.25, 0.3) is 5.91 Å². The van der Waals surface area contributed by atoms with E-state index < -0.39 is 59.1 Å². The van der Waals surface area contributed by atoms with Crippen LogP contribution in [-0.2, 0) is 40.1 Å². The highest BCUT2D eigenvalue weighted by Crippen LogP contribution is 2.41. The smallest absolute Gasteiger partial charge is 0.407 e.